The van der Waals surface area contributed by atoms with Crippen molar-refractivity contribution in [3.05, 3.63) is 87.9 Å². The third-order valence-electron chi connectivity index (χ3n) is 4.35. The molecule has 3 aromatic rings. The van der Waals surface area contributed by atoms with Crippen molar-refractivity contribution in [2.45, 2.75) is 6.61 Å². The first kappa shape index (κ1) is 23.8. The third-order valence-corrected chi connectivity index (χ3v) is 4.97. The highest BCUT2D eigenvalue weighted by atomic mass is 79.9. The van der Waals surface area contributed by atoms with E-state index in [0.717, 1.165) is 5.56 Å². The van der Waals surface area contributed by atoms with Crippen molar-refractivity contribution < 1.29 is 28.9 Å². The Kier molecular flexibility index (Phi) is 8.43. The number of benzene rings is 3. The predicted molar refractivity (Wildman–Crippen MR) is 126 cm³/mol. The van der Waals surface area contributed by atoms with Gasteiger partial charge in [0.2, 0.25) is 0 Å². The molecule has 0 aliphatic rings. The molecule has 33 heavy (non-hydrogen) atoms. The van der Waals surface area contributed by atoms with Gasteiger partial charge in [0.15, 0.2) is 18.1 Å². The van der Waals surface area contributed by atoms with E-state index in [2.05, 4.69) is 26.5 Å². The largest absolute Gasteiger partial charge is 0.493 e. The minimum atomic E-state index is -1.07. The maximum atomic E-state index is 12.5. The van der Waals surface area contributed by atoms with Crippen LogP contribution in [0.15, 0.2) is 76.3 Å². The van der Waals surface area contributed by atoms with Crippen molar-refractivity contribution in [3.8, 4) is 17.2 Å². The lowest BCUT2D eigenvalue weighted by atomic mass is 10.2. The van der Waals surface area contributed by atoms with Gasteiger partial charge in [0.05, 0.1) is 17.8 Å². The van der Waals surface area contributed by atoms with Gasteiger partial charge in [0.25, 0.3) is 5.91 Å². The molecule has 0 aromatic heterocycles. The van der Waals surface area contributed by atoms with E-state index in [4.69, 9.17) is 19.3 Å². The number of carboxylic acids is 1. The van der Waals surface area contributed by atoms with E-state index in [9.17, 15) is 9.59 Å². The van der Waals surface area contributed by atoms with Crippen molar-refractivity contribution in [2.24, 2.45) is 5.10 Å². The average Bonchev–Trinajstić information content (AvgIpc) is 2.82. The molecular weight excluding hydrogens is 492 g/mol. The van der Waals surface area contributed by atoms with E-state index in [-0.39, 0.29) is 0 Å². The summed E-state index contributed by atoms with van der Waals surface area (Å²) in [6.07, 6.45) is 1.46. The number of carbonyl (C=O) groups excluding carboxylic acids is 1. The molecule has 0 fully saturated rings. The SMILES string of the molecule is COc1cc(C(=O)N/N=C/c2ccc(OCC(=O)O)c(Br)c2)ccc1OCc1ccccc1. The average molecular weight is 513 g/mol. The fourth-order valence-corrected chi connectivity index (χ4v) is 3.26. The van der Waals surface area contributed by atoms with Crippen molar-refractivity contribution in [1.82, 2.24) is 5.43 Å². The van der Waals surface area contributed by atoms with E-state index in [0.29, 0.717) is 39.5 Å². The number of carbonyl (C=O) groups is 2. The van der Waals surface area contributed by atoms with Gasteiger partial charge in [-0.1, -0.05) is 30.3 Å². The van der Waals surface area contributed by atoms with Crippen LogP contribution in [0.4, 0.5) is 0 Å². The molecule has 1 amide bonds. The Bertz CT molecular complexity index is 1150. The van der Waals surface area contributed by atoms with E-state index in [1.54, 1.807) is 36.4 Å². The van der Waals surface area contributed by atoms with Gasteiger partial charge in [-0.25, -0.2) is 10.2 Å². The maximum absolute atomic E-state index is 12.5. The molecule has 3 aromatic carbocycles. The zero-order valence-electron chi connectivity index (χ0n) is 17.7. The number of rotatable bonds is 10. The molecule has 2 N–H and O–H groups in total. The Morgan fingerprint density at radius 3 is 2.45 bits per heavy atom. The van der Waals surface area contributed by atoms with Gasteiger partial charge in [0, 0.05) is 5.56 Å². The highest BCUT2D eigenvalue weighted by Crippen LogP contribution is 2.29. The smallest absolute Gasteiger partial charge is 0.341 e. The fourth-order valence-electron chi connectivity index (χ4n) is 2.75. The summed E-state index contributed by atoms with van der Waals surface area (Å²) in [5.41, 5.74) is 4.51. The highest BCUT2D eigenvalue weighted by Gasteiger charge is 2.11. The van der Waals surface area contributed by atoms with Crippen LogP contribution in [0.25, 0.3) is 0 Å². The molecule has 0 heterocycles. The number of hydrogen-bond donors (Lipinski definition) is 2. The number of ether oxygens (including phenoxy) is 3. The second kappa shape index (κ2) is 11.7. The van der Waals surface area contributed by atoms with Crippen LogP contribution in [0, 0.1) is 0 Å². The molecule has 0 spiro atoms. The molecule has 0 saturated carbocycles. The number of amides is 1. The standard InChI is InChI=1S/C24H21BrN2O6/c1-31-22-12-18(8-10-21(22)32-14-16-5-3-2-4-6-16)24(30)27-26-13-17-7-9-20(19(25)11-17)33-15-23(28)29/h2-13H,14-15H2,1H3,(H,27,30)(H,28,29)/b26-13+. The number of aliphatic carboxylic acids is 1. The van der Waals surface area contributed by atoms with Crippen molar-refractivity contribution in [3.63, 3.8) is 0 Å². The van der Waals surface area contributed by atoms with Crippen molar-refractivity contribution in [1.29, 1.82) is 0 Å². The van der Waals surface area contributed by atoms with Gasteiger partial charge in [0.1, 0.15) is 12.4 Å². The molecule has 9 heteroatoms. The van der Waals surface area contributed by atoms with Gasteiger partial charge in [-0.15, -0.1) is 0 Å². The van der Waals surface area contributed by atoms with E-state index in [1.807, 2.05) is 30.3 Å². The molecule has 3 rings (SSSR count). The first-order chi connectivity index (χ1) is 16.0. The van der Waals surface area contributed by atoms with Gasteiger partial charge >= 0.3 is 5.97 Å². The molecule has 170 valence electrons. The normalized spacial score (nSPS) is 10.6. The Labute approximate surface area is 198 Å². The third kappa shape index (κ3) is 7.08. The molecule has 0 aliphatic heterocycles. The van der Waals surface area contributed by atoms with Gasteiger partial charge in [-0.05, 0) is 63.5 Å². The zero-order valence-corrected chi connectivity index (χ0v) is 19.2. The number of carboxylic acid groups (broad SMARTS) is 1. The Balaban J connectivity index is 1.60. The molecule has 0 radical (unpaired) electrons. The van der Waals surface area contributed by atoms with Crippen LogP contribution < -0.4 is 19.6 Å². The molecule has 0 saturated heterocycles. The molecular formula is C24H21BrN2O6. The minimum Gasteiger partial charge on any atom is -0.493 e. The molecule has 0 bridgehead atoms. The Hall–Kier alpha value is -3.85. The summed E-state index contributed by atoms with van der Waals surface area (Å²) in [5.74, 6) is -0.137. The topological polar surface area (TPSA) is 106 Å². The minimum absolute atomic E-state index is 0.356. The highest BCUT2D eigenvalue weighted by molar-refractivity contribution is 9.10. The molecule has 0 unspecified atom stereocenters. The fraction of sp³-hybridized carbons (Fsp3) is 0.125. The monoisotopic (exact) mass is 512 g/mol. The number of hydrogen-bond acceptors (Lipinski definition) is 6. The second-order valence-corrected chi connectivity index (χ2v) is 7.57. The van der Waals surface area contributed by atoms with Crippen molar-refractivity contribution in [2.75, 3.05) is 13.7 Å². The summed E-state index contributed by atoms with van der Waals surface area (Å²) in [7, 11) is 1.51. The lowest BCUT2D eigenvalue weighted by Crippen LogP contribution is -2.17. The summed E-state index contributed by atoms with van der Waals surface area (Å²) in [6, 6.07) is 19.6. The molecule has 0 atom stereocenters. The van der Waals surface area contributed by atoms with Crippen molar-refractivity contribution >= 4 is 34.0 Å². The van der Waals surface area contributed by atoms with E-state index in [1.165, 1.54) is 13.3 Å². The summed E-state index contributed by atoms with van der Waals surface area (Å²) >= 11 is 3.31. The van der Waals surface area contributed by atoms with Crippen LogP contribution in [0.5, 0.6) is 17.2 Å². The summed E-state index contributed by atoms with van der Waals surface area (Å²) < 4.78 is 16.9. The number of nitrogens with zero attached hydrogens (tertiary/aromatic N) is 1. The van der Waals surface area contributed by atoms with Crippen LogP contribution in [0.1, 0.15) is 21.5 Å². The number of halogens is 1. The van der Waals surface area contributed by atoms with Crippen LogP contribution in [-0.4, -0.2) is 36.9 Å². The molecule has 8 nitrogen and oxygen atoms in total. The maximum Gasteiger partial charge on any atom is 0.341 e. The van der Waals surface area contributed by atoms with Gasteiger partial charge in [-0.3, -0.25) is 4.79 Å². The summed E-state index contributed by atoms with van der Waals surface area (Å²) in [5, 5.41) is 12.7. The van der Waals surface area contributed by atoms with E-state index < -0.39 is 18.5 Å². The summed E-state index contributed by atoms with van der Waals surface area (Å²) in [4.78, 5) is 23.1. The number of nitrogens with one attached hydrogen (secondary N) is 1. The number of hydrazone groups is 1. The van der Waals surface area contributed by atoms with Crippen LogP contribution in [0.2, 0.25) is 0 Å². The second-order valence-electron chi connectivity index (χ2n) is 6.71. The van der Waals surface area contributed by atoms with Crippen LogP contribution in [0.3, 0.4) is 0 Å². The first-order valence-corrected chi connectivity index (χ1v) is 10.6. The van der Waals surface area contributed by atoms with Gasteiger partial charge in [-0.2, -0.15) is 5.10 Å². The number of methoxy groups -OCH3 is 1. The van der Waals surface area contributed by atoms with E-state index >= 15 is 0 Å². The first-order valence-electron chi connectivity index (χ1n) is 9.78. The molecule has 0 aliphatic carbocycles. The van der Waals surface area contributed by atoms with Gasteiger partial charge < -0.3 is 19.3 Å². The van der Waals surface area contributed by atoms with Crippen LogP contribution in [-0.2, 0) is 11.4 Å². The predicted octanol–water partition coefficient (Wildman–Crippen LogP) is 4.26. The Morgan fingerprint density at radius 2 is 1.76 bits per heavy atom. The quantitative estimate of drug-likeness (QED) is 0.310. The lowest BCUT2D eigenvalue weighted by Gasteiger charge is -2.12. The Morgan fingerprint density at radius 1 is 1.00 bits per heavy atom. The summed E-state index contributed by atoms with van der Waals surface area (Å²) in [6.45, 7) is -0.0651. The zero-order chi connectivity index (χ0) is 23.6. The van der Waals surface area contributed by atoms with Crippen LogP contribution >= 0.6 is 15.9 Å². The lowest BCUT2D eigenvalue weighted by molar-refractivity contribution is -0.139.